The number of hydrogen-bond acceptors (Lipinski definition) is 9. The molecule has 0 fully saturated rings. The number of aliphatic hydroxyl groups is 2. The van der Waals surface area contributed by atoms with Gasteiger partial charge in [-0.1, -0.05) is 6.92 Å². The van der Waals surface area contributed by atoms with E-state index in [1.807, 2.05) is 6.92 Å². The predicted octanol–water partition coefficient (Wildman–Crippen LogP) is 2.51. The maximum absolute atomic E-state index is 14.6. The Bertz CT molecular complexity index is 1250. The first kappa shape index (κ1) is 26.6. The molecule has 1 aliphatic rings. The van der Waals surface area contributed by atoms with E-state index in [1.54, 1.807) is 24.4 Å². The largest absolute Gasteiger partial charge is 0.481 e. The zero-order valence-electron chi connectivity index (χ0n) is 21.0. The van der Waals surface area contributed by atoms with Crippen LogP contribution in [0.4, 0.5) is 10.1 Å². The van der Waals surface area contributed by atoms with E-state index in [0.29, 0.717) is 71.8 Å². The molecule has 3 aromatic heterocycles. The molecule has 0 saturated carbocycles. The van der Waals surface area contributed by atoms with Crippen LogP contribution in [-0.2, 0) is 17.8 Å². The molecule has 1 aliphatic heterocycles. The molecule has 10 nitrogen and oxygen atoms in total. The highest BCUT2D eigenvalue weighted by Gasteiger charge is 2.27. The van der Waals surface area contributed by atoms with Gasteiger partial charge in [0.1, 0.15) is 5.82 Å². The van der Waals surface area contributed by atoms with Gasteiger partial charge in [0.25, 0.3) is 5.91 Å². The van der Waals surface area contributed by atoms with Crippen molar-refractivity contribution in [1.82, 2.24) is 20.3 Å². The molecule has 3 aromatic rings. The van der Waals surface area contributed by atoms with Crippen molar-refractivity contribution in [3.8, 4) is 11.6 Å². The first-order valence-electron chi connectivity index (χ1n) is 12.3. The molecule has 0 aliphatic carbocycles. The van der Waals surface area contributed by atoms with Gasteiger partial charge in [-0.3, -0.25) is 14.8 Å². The van der Waals surface area contributed by atoms with Gasteiger partial charge in [0.15, 0.2) is 12.4 Å². The Hall–Kier alpha value is -3.41. The number of methoxy groups -OCH3 is 1. The zero-order chi connectivity index (χ0) is 26.4. The third-order valence-electron chi connectivity index (χ3n) is 6.76. The van der Waals surface area contributed by atoms with E-state index in [2.05, 4.69) is 25.6 Å². The molecule has 0 bridgehead atoms. The van der Waals surface area contributed by atoms with Crippen LogP contribution >= 0.6 is 0 Å². The van der Waals surface area contributed by atoms with Crippen molar-refractivity contribution in [3.05, 3.63) is 47.7 Å². The molecule has 2 atom stereocenters. The number of pyridine rings is 3. The molecule has 0 spiro atoms. The molecule has 2 unspecified atom stereocenters. The van der Waals surface area contributed by atoms with Crippen molar-refractivity contribution in [3.63, 3.8) is 0 Å². The fraction of sp³-hybridized carbons (Fsp3) is 0.462. The van der Waals surface area contributed by atoms with Gasteiger partial charge in [0.2, 0.25) is 5.88 Å². The minimum atomic E-state index is -0.799. The second-order valence-electron chi connectivity index (χ2n) is 9.21. The van der Waals surface area contributed by atoms with E-state index in [4.69, 9.17) is 9.47 Å². The minimum absolute atomic E-state index is 0.0314. The molecule has 0 saturated heterocycles. The van der Waals surface area contributed by atoms with Crippen molar-refractivity contribution < 1.29 is 28.9 Å². The third kappa shape index (κ3) is 6.30. The first-order chi connectivity index (χ1) is 17.9. The highest BCUT2D eigenvalue weighted by molar-refractivity contribution is 5.95. The van der Waals surface area contributed by atoms with Crippen LogP contribution in [-0.4, -0.2) is 63.0 Å². The lowest BCUT2D eigenvalue weighted by Crippen LogP contribution is -2.47. The van der Waals surface area contributed by atoms with Gasteiger partial charge in [0.05, 0.1) is 54.6 Å². The van der Waals surface area contributed by atoms with Gasteiger partial charge in [-0.25, -0.2) is 9.37 Å². The topological polar surface area (TPSA) is 139 Å². The normalized spacial score (nSPS) is 15.4. The molecule has 4 N–H and O–H groups in total. The first-order valence-corrected chi connectivity index (χ1v) is 12.3. The number of aromatic nitrogens is 3. The van der Waals surface area contributed by atoms with Crippen molar-refractivity contribution in [2.24, 2.45) is 0 Å². The number of nitrogens with one attached hydrogen (secondary N) is 2. The number of carbonyl (C=O) groups excluding carboxylic acids is 1. The standard InChI is InChI=1S/C26H32FN5O5/c1-3-26(15-33,30-11-16-9-21-22(13-28-16)37-14-23(35)31-21)8-4-5-17(34)10-18-19(27)12-29-20-6-7-24(36-2)32-25(18)20/h6-7,9,12-13,17,30,33-34H,3-5,8,10-11,14-15H2,1-2H3,(H,31,35). The molecular formula is C26H32FN5O5. The van der Waals surface area contributed by atoms with Crippen molar-refractivity contribution >= 4 is 22.6 Å². The number of ether oxygens (including phenoxy) is 2. The number of nitrogens with zero attached hydrogens (tertiary/aromatic N) is 3. The second-order valence-corrected chi connectivity index (χ2v) is 9.21. The van der Waals surface area contributed by atoms with E-state index in [-0.39, 0.29) is 25.5 Å². The van der Waals surface area contributed by atoms with Crippen LogP contribution in [0.2, 0.25) is 0 Å². The molecule has 1 amide bonds. The predicted molar refractivity (Wildman–Crippen MR) is 135 cm³/mol. The van der Waals surface area contributed by atoms with Gasteiger partial charge < -0.3 is 30.3 Å². The van der Waals surface area contributed by atoms with Crippen LogP contribution in [0.25, 0.3) is 11.0 Å². The molecule has 0 aromatic carbocycles. The number of rotatable bonds is 12. The lowest BCUT2D eigenvalue weighted by molar-refractivity contribution is -0.118. The average Bonchev–Trinajstić information content (AvgIpc) is 2.91. The summed E-state index contributed by atoms with van der Waals surface area (Å²) in [5.74, 6) is 0.129. The maximum Gasteiger partial charge on any atom is 0.262 e. The summed E-state index contributed by atoms with van der Waals surface area (Å²) in [4.78, 5) is 24.4. The molecule has 0 radical (unpaired) electrons. The summed E-state index contributed by atoms with van der Waals surface area (Å²) in [5.41, 5.74) is 1.88. The summed E-state index contributed by atoms with van der Waals surface area (Å²) < 4.78 is 25.1. The Labute approximate surface area is 214 Å². The van der Waals surface area contributed by atoms with Crippen molar-refractivity contribution in [2.45, 2.75) is 57.2 Å². The Morgan fingerprint density at radius 2 is 2.16 bits per heavy atom. The fourth-order valence-electron chi connectivity index (χ4n) is 4.44. The Kier molecular flexibility index (Phi) is 8.47. The summed E-state index contributed by atoms with van der Waals surface area (Å²) in [6, 6.07) is 5.11. The third-order valence-corrected chi connectivity index (χ3v) is 6.76. The van der Waals surface area contributed by atoms with Crippen molar-refractivity contribution in [1.29, 1.82) is 0 Å². The van der Waals surface area contributed by atoms with Crippen LogP contribution < -0.4 is 20.1 Å². The van der Waals surface area contributed by atoms with Crippen molar-refractivity contribution in [2.75, 3.05) is 25.6 Å². The van der Waals surface area contributed by atoms with E-state index in [9.17, 15) is 19.4 Å². The maximum atomic E-state index is 14.6. The summed E-state index contributed by atoms with van der Waals surface area (Å²) in [7, 11) is 1.48. The summed E-state index contributed by atoms with van der Waals surface area (Å²) in [6.45, 7) is 2.22. The number of aliphatic hydroxyl groups excluding tert-OH is 2. The van der Waals surface area contributed by atoms with E-state index in [0.717, 1.165) is 6.20 Å². The Balaban J connectivity index is 1.36. The zero-order valence-corrected chi connectivity index (χ0v) is 21.0. The van der Waals surface area contributed by atoms with Crippen LogP contribution in [0, 0.1) is 5.82 Å². The Morgan fingerprint density at radius 3 is 2.92 bits per heavy atom. The quantitative estimate of drug-likeness (QED) is 0.288. The number of anilines is 1. The summed E-state index contributed by atoms with van der Waals surface area (Å²) >= 11 is 0. The number of hydrogen-bond donors (Lipinski definition) is 4. The molecule has 4 rings (SSSR count). The van der Waals surface area contributed by atoms with Gasteiger partial charge in [-0.15, -0.1) is 0 Å². The molecule has 198 valence electrons. The fourth-order valence-corrected chi connectivity index (χ4v) is 4.44. The molecule has 11 heteroatoms. The smallest absolute Gasteiger partial charge is 0.262 e. The van der Waals surface area contributed by atoms with Gasteiger partial charge in [-0.05, 0) is 37.8 Å². The van der Waals surface area contributed by atoms with Crippen LogP contribution in [0.15, 0.2) is 30.6 Å². The van der Waals surface area contributed by atoms with Crippen LogP contribution in [0.3, 0.4) is 0 Å². The lowest BCUT2D eigenvalue weighted by atomic mass is 9.89. The lowest BCUT2D eigenvalue weighted by Gasteiger charge is -2.32. The number of halogens is 1. The summed E-state index contributed by atoms with van der Waals surface area (Å²) in [5, 5.41) is 27.1. The second kappa shape index (κ2) is 11.8. The van der Waals surface area contributed by atoms with E-state index in [1.165, 1.54) is 7.11 Å². The molecule has 4 heterocycles. The molecular weight excluding hydrogens is 481 g/mol. The monoisotopic (exact) mass is 513 g/mol. The van der Waals surface area contributed by atoms with E-state index < -0.39 is 17.5 Å². The number of amides is 1. The minimum Gasteiger partial charge on any atom is -0.481 e. The number of fused-ring (bicyclic) bond motifs is 2. The average molecular weight is 514 g/mol. The van der Waals surface area contributed by atoms with Gasteiger partial charge in [-0.2, -0.15) is 0 Å². The SMILES string of the molecule is CCC(CO)(CCCC(O)Cc1c(F)cnc2ccc(OC)nc12)NCc1cc2c(cn1)OCC(=O)N2. The summed E-state index contributed by atoms with van der Waals surface area (Å²) in [6.07, 6.45) is 4.26. The van der Waals surface area contributed by atoms with Gasteiger partial charge >= 0.3 is 0 Å². The number of carbonyl (C=O) groups is 1. The van der Waals surface area contributed by atoms with E-state index >= 15 is 0 Å². The van der Waals surface area contributed by atoms with Crippen LogP contribution in [0.5, 0.6) is 11.6 Å². The highest BCUT2D eigenvalue weighted by atomic mass is 19.1. The van der Waals surface area contributed by atoms with Crippen LogP contribution in [0.1, 0.15) is 43.9 Å². The Morgan fingerprint density at radius 1 is 1.32 bits per heavy atom. The molecule has 37 heavy (non-hydrogen) atoms. The highest BCUT2D eigenvalue weighted by Crippen LogP contribution is 2.28. The van der Waals surface area contributed by atoms with Gasteiger partial charge in [0, 0.05) is 30.1 Å².